The van der Waals surface area contributed by atoms with E-state index >= 15 is 0 Å². The van der Waals surface area contributed by atoms with Crippen molar-refractivity contribution in [2.24, 2.45) is 4.99 Å². The van der Waals surface area contributed by atoms with E-state index in [2.05, 4.69) is 67.2 Å². The van der Waals surface area contributed by atoms with Gasteiger partial charge in [0.2, 0.25) is 0 Å². The van der Waals surface area contributed by atoms with E-state index in [0.717, 1.165) is 37.8 Å². The van der Waals surface area contributed by atoms with Crippen LogP contribution in [-0.4, -0.2) is 68.6 Å². The molecule has 0 radical (unpaired) electrons. The quantitative estimate of drug-likeness (QED) is 0.385. The van der Waals surface area contributed by atoms with Gasteiger partial charge in [-0.15, -0.1) is 0 Å². The highest BCUT2D eigenvalue weighted by molar-refractivity contribution is 5.79. The summed E-state index contributed by atoms with van der Waals surface area (Å²) in [5.41, 5.74) is 0. The molecule has 0 aromatic carbocycles. The highest BCUT2D eigenvalue weighted by Crippen LogP contribution is 2.17. The normalized spacial score (nSPS) is 14.0. The van der Waals surface area contributed by atoms with Gasteiger partial charge < -0.3 is 15.1 Å². The molecule has 144 valence electrons. The Morgan fingerprint density at radius 3 is 2.32 bits per heavy atom. The van der Waals surface area contributed by atoms with E-state index in [4.69, 9.17) is 4.42 Å². The first-order valence-corrected chi connectivity index (χ1v) is 9.26. The molecule has 6 heteroatoms. The molecule has 1 aromatic heterocycles. The second-order valence-electron chi connectivity index (χ2n) is 7.15. The monoisotopic (exact) mass is 351 g/mol. The molecule has 1 aromatic rings. The number of nitrogens with one attached hydrogen (secondary N) is 2. The Morgan fingerprint density at radius 1 is 1.16 bits per heavy atom. The highest BCUT2D eigenvalue weighted by Gasteiger charge is 2.17. The molecular formula is C19H37N5O. The van der Waals surface area contributed by atoms with Gasteiger partial charge in [0.05, 0.1) is 12.3 Å². The minimum absolute atomic E-state index is 0.172. The molecule has 1 heterocycles. The molecule has 0 aliphatic rings. The van der Waals surface area contributed by atoms with E-state index in [9.17, 15) is 0 Å². The number of guanidine groups is 1. The molecule has 25 heavy (non-hydrogen) atoms. The summed E-state index contributed by atoms with van der Waals surface area (Å²) in [6, 6.07) is 5.26. The van der Waals surface area contributed by atoms with Crippen LogP contribution in [0.4, 0.5) is 0 Å². The van der Waals surface area contributed by atoms with Gasteiger partial charge in [-0.2, -0.15) is 0 Å². The van der Waals surface area contributed by atoms with Crippen LogP contribution in [0.3, 0.4) is 0 Å². The van der Waals surface area contributed by atoms with Crippen molar-refractivity contribution in [1.82, 2.24) is 20.4 Å². The standard InChI is InChI=1S/C19H37N5O/c1-15(2)24(16(3)4)12-9-11-21-19(20-5)22-14-17(23(6)7)18-10-8-13-25-18/h8,10,13,15-17H,9,11-12,14H2,1-7H3,(H2,20,21,22). The van der Waals surface area contributed by atoms with Gasteiger partial charge in [0.1, 0.15) is 5.76 Å². The predicted molar refractivity (Wildman–Crippen MR) is 106 cm³/mol. The minimum Gasteiger partial charge on any atom is -0.468 e. The van der Waals surface area contributed by atoms with Crippen LogP contribution in [0.25, 0.3) is 0 Å². The summed E-state index contributed by atoms with van der Waals surface area (Å²) in [4.78, 5) is 8.97. The van der Waals surface area contributed by atoms with Crippen LogP contribution in [0, 0.1) is 0 Å². The number of rotatable bonds is 10. The molecule has 0 spiro atoms. The fourth-order valence-corrected chi connectivity index (χ4v) is 3.01. The van der Waals surface area contributed by atoms with Crippen molar-refractivity contribution in [2.45, 2.75) is 52.2 Å². The zero-order chi connectivity index (χ0) is 18.8. The average molecular weight is 352 g/mol. The largest absolute Gasteiger partial charge is 0.468 e. The molecule has 1 unspecified atom stereocenters. The van der Waals surface area contributed by atoms with E-state index in [-0.39, 0.29) is 6.04 Å². The molecule has 0 aliphatic carbocycles. The van der Waals surface area contributed by atoms with Crippen molar-refractivity contribution in [2.75, 3.05) is 40.8 Å². The predicted octanol–water partition coefficient (Wildman–Crippen LogP) is 2.56. The molecule has 0 aliphatic heterocycles. The Bertz CT molecular complexity index is 474. The maximum absolute atomic E-state index is 5.55. The molecular weight excluding hydrogens is 314 g/mol. The van der Waals surface area contributed by atoms with Gasteiger partial charge in [0, 0.05) is 38.8 Å². The molecule has 0 amide bonds. The Morgan fingerprint density at radius 2 is 1.84 bits per heavy atom. The summed E-state index contributed by atoms with van der Waals surface area (Å²) in [6.45, 7) is 11.8. The Balaban J connectivity index is 2.39. The van der Waals surface area contributed by atoms with Gasteiger partial charge in [0.25, 0.3) is 0 Å². The topological polar surface area (TPSA) is 56.0 Å². The Hall–Kier alpha value is -1.53. The van der Waals surface area contributed by atoms with E-state index in [1.165, 1.54) is 0 Å². The number of furan rings is 1. The molecule has 0 fully saturated rings. The lowest BCUT2D eigenvalue weighted by Gasteiger charge is -2.30. The second-order valence-corrected chi connectivity index (χ2v) is 7.15. The summed E-state index contributed by atoms with van der Waals surface area (Å²) in [5, 5.41) is 6.80. The summed E-state index contributed by atoms with van der Waals surface area (Å²) >= 11 is 0. The first-order chi connectivity index (χ1) is 11.9. The molecule has 1 atom stereocenters. The minimum atomic E-state index is 0.172. The van der Waals surface area contributed by atoms with Crippen molar-refractivity contribution < 1.29 is 4.42 Å². The molecule has 6 nitrogen and oxygen atoms in total. The first kappa shape index (κ1) is 21.5. The third-order valence-electron chi connectivity index (χ3n) is 4.39. The average Bonchev–Trinajstić information content (AvgIpc) is 3.05. The van der Waals surface area contributed by atoms with Gasteiger partial charge in [-0.05, 0) is 60.3 Å². The van der Waals surface area contributed by atoms with Crippen LogP contribution < -0.4 is 10.6 Å². The fourth-order valence-electron chi connectivity index (χ4n) is 3.01. The molecule has 2 N–H and O–H groups in total. The summed E-state index contributed by atoms with van der Waals surface area (Å²) in [7, 11) is 5.91. The van der Waals surface area contributed by atoms with Crippen LogP contribution in [0.2, 0.25) is 0 Å². The maximum Gasteiger partial charge on any atom is 0.191 e. The second kappa shape index (κ2) is 11.2. The molecule has 0 bridgehead atoms. The van der Waals surface area contributed by atoms with Gasteiger partial charge in [-0.1, -0.05) is 0 Å². The van der Waals surface area contributed by atoms with Crippen molar-refractivity contribution in [1.29, 1.82) is 0 Å². The first-order valence-electron chi connectivity index (χ1n) is 9.26. The SMILES string of the molecule is CN=C(NCCCN(C(C)C)C(C)C)NCC(c1ccco1)N(C)C. The Labute approximate surface area is 153 Å². The van der Waals surface area contributed by atoms with Crippen molar-refractivity contribution in [3.05, 3.63) is 24.2 Å². The molecule has 1 rings (SSSR count). The van der Waals surface area contributed by atoms with E-state index in [0.29, 0.717) is 12.1 Å². The fraction of sp³-hybridized carbons (Fsp3) is 0.737. The van der Waals surface area contributed by atoms with Crippen molar-refractivity contribution in [3.8, 4) is 0 Å². The van der Waals surface area contributed by atoms with Crippen LogP contribution >= 0.6 is 0 Å². The van der Waals surface area contributed by atoms with Crippen LogP contribution in [0.5, 0.6) is 0 Å². The highest BCUT2D eigenvalue weighted by atomic mass is 16.3. The third-order valence-corrected chi connectivity index (χ3v) is 4.39. The van der Waals surface area contributed by atoms with Crippen molar-refractivity contribution >= 4 is 5.96 Å². The van der Waals surface area contributed by atoms with Crippen molar-refractivity contribution in [3.63, 3.8) is 0 Å². The zero-order valence-corrected chi connectivity index (χ0v) is 17.0. The number of hydrogen-bond acceptors (Lipinski definition) is 4. The number of likely N-dealkylation sites (N-methyl/N-ethyl adjacent to an activating group) is 1. The van der Waals surface area contributed by atoms with E-state index in [1.54, 1.807) is 13.3 Å². The molecule has 0 saturated heterocycles. The molecule has 0 saturated carbocycles. The van der Waals surface area contributed by atoms with Gasteiger partial charge in [-0.3, -0.25) is 14.8 Å². The van der Waals surface area contributed by atoms with E-state index in [1.807, 2.05) is 12.1 Å². The van der Waals surface area contributed by atoms with Crippen LogP contribution in [-0.2, 0) is 0 Å². The lowest BCUT2D eigenvalue weighted by Crippen LogP contribution is -2.43. The number of hydrogen-bond donors (Lipinski definition) is 2. The number of nitrogens with zero attached hydrogens (tertiary/aromatic N) is 3. The van der Waals surface area contributed by atoms with Gasteiger partial charge >= 0.3 is 0 Å². The van der Waals surface area contributed by atoms with Gasteiger partial charge in [-0.25, -0.2) is 0 Å². The Kier molecular flexibility index (Phi) is 9.60. The summed E-state index contributed by atoms with van der Waals surface area (Å²) in [5.74, 6) is 1.79. The summed E-state index contributed by atoms with van der Waals surface area (Å²) < 4.78 is 5.55. The smallest absolute Gasteiger partial charge is 0.191 e. The van der Waals surface area contributed by atoms with Crippen LogP contribution in [0.15, 0.2) is 27.8 Å². The lowest BCUT2D eigenvalue weighted by molar-refractivity contribution is 0.173. The van der Waals surface area contributed by atoms with E-state index < -0.39 is 0 Å². The van der Waals surface area contributed by atoms with Crippen LogP contribution in [0.1, 0.15) is 45.9 Å². The zero-order valence-electron chi connectivity index (χ0n) is 17.0. The van der Waals surface area contributed by atoms with Gasteiger partial charge in [0.15, 0.2) is 5.96 Å². The lowest BCUT2D eigenvalue weighted by atomic mass is 10.2. The third kappa shape index (κ3) is 7.48. The number of aliphatic imine (C=N–C) groups is 1. The maximum atomic E-state index is 5.55. The summed E-state index contributed by atoms with van der Waals surface area (Å²) in [6.07, 6.45) is 2.81.